The zero-order chi connectivity index (χ0) is 18.1. The largest absolute Gasteiger partial charge is 0.374 e. The van der Waals surface area contributed by atoms with Gasteiger partial charge in [0.25, 0.3) is 0 Å². The predicted molar refractivity (Wildman–Crippen MR) is 106 cm³/mol. The summed E-state index contributed by atoms with van der Waals surface area (Å²) in [5.41, 5.74) is 7.13. The molecular formula is C24H30O2. The minimum atomic E-state index is 0.234. The highest BCUT2D eigenvalue weighted by molar-refractivity contribution is 5.37. The lowest BCUT2D eigenvalue weighted by atomic mass is 10.0. The first-order valence-corrected chi connectivity index (χ1v) is 10.1. The quantitative estimate of drug-likeness (QED) is 0.711. The molecule has 0 amide bonds. The smallest absolute Gasteiger partial charge is 0.0834 e. The van der Waals surface area contributed by atoms with Crippen molar-refractivity contribution in [2.24, 2.45) is 0 Å². The van der Waals surface area contributed by atoms with Crippen LogP contribution in [0.5, 0.6) is 0 Å². The van der Waals surface area contributed by atoms with E-state index in [9.17, 15) is 0 Å². The van der Waals surface area contributed by atoms with E-state index >= 15 is 0 Å². The molecule has 0 N–H and O–H groups in total. The lowest BCUT2D eigenvalue weighted by molar-refractivity contribution is 0.00389. The van der Waals surface area contributed by atoms with Gasteiger partial charge < -0.3 is 9.47 Å². The standard InChI is InChI=1S/C24H30O2/c1-16(2)25-24-11-10-19-9-8-18(13-23(19)24)12-17(3)26-22-14-20-6-4-5-7-21(20)15-22/h4-9,13,16-17,22,24H,10-12,14-15H2,1-3H3. The molecule has 26 heavy (non-hydrogen) atoms. The molecule has 2 nitrogen and oxygen atoms in total. The number of rotatable bonds is 6. The van der Waals surface area contributed by atoms with Gasteiger partial charge in [0.1, 0.15) is 0 Å². The lowest BCUT2D eigenvalue weighted by Gasteiger charge is -2.20. The molecular weight excluding hydrogens is 320 g/mol. The molecule has 2 aromatic rings. The Morgan fingerprint density at radius 2 is 1.65 bits per heavy atom. The second kappa shape index (κ2) is 7.54. The van der Waals surface area contributed by atoms with Gasteiger partial charge in [0.15, 0.2) is 0 Å². The summed E-state index contributed by atoms with van der Waals surface area (Å²) in [4.78, 5) is 0. The van der Waals surface area contributed by atoms with Crippen LogP contribution >= 0.6 is 0 Å². The Morgan fingerprint density at radius 3 is 2.35 bits per heavy atom. The number of fused-ring (bicyclic) bond motifs is 2. The van der Waals surface area contributed by atoms with Gasteiger partial charge in [-0.25, -0.2) is 0 Å². The summed E-state index contributed by atoms with van der Waals surface area (Å²) < 4.78 is 12.5. The van der Waals surface area contributed by atoms with E-state index in [-0.39, 0.29) is 18.3 Å². The maximum Gasteiger partial charge on any atom is 0.0834 e. The Balaban J connectivity index is 1.37. The molecule has 2 unspecified atom stereocenters. The van der Waals surface area contributed by atoms with E-state index in [0.29, 0.717) is 6.10 Å². The highest BCUT2D eigenvalue weighted by Gasteiger charge is 2.26. The fourth-order valence-corrected chi connectivity index (χ4v) is 4.53. The third-order valence-electron chi connectivity index (χ3n) is 5.63. The number of benzene rings is 2. The van der Waals surface area contributed by atoms with Crippen molar-refractivity contribution >= 4 is 0 Å². The summed E-state index contributed by atoms with van der Waals surface area (Å²) in [6.45, 7) is 6.45. The van der Waals surface area contributed by atoms with Crippen molar-refractivity contribution in [3.63, 3.8) is 0 Å². The average molecular weight is 351 g/mol. The molecule has 0 aromatic heterocycles. The zero-order valence-corrected chi connectivity index (χ0v) is 16.2. The second-order valence-electron chi connectivity index (χ2n) is 8.20. The van der Waals surface area contributed by atoms with Crippen molar-refractivity contribution in [2.45, 2.75) is 77.3 Å². The Kier molecular flexibility index (Phi) is 5.15. The molecule has 2 aliphatic carbocycles. The van der Waals surface area contributed by atoms with E-state index in [4.69, 9.17) is 9.47 Å². The van der Waals surface area contributed by atoms with Crippen molar-refractivity contribution in [3.8, 4) is 0 Å². The van der Waals surface area contributed by atoms with Gasteiger partial charge in [-0.15, -0.1) is 0 Å². The monoisotopic (exact) mass is 350 g/mol. The molecule has 0 spiro atoms. The first kappa shape index (κ1) is 17.8. The second-order valence-corrected chi connectivity index (χ2v) is 8.20. The van der Waals surface area contributed by atoms with Crippen LogP contribution in [0, 0.1) is 0 Å². The predicted octanol–water partition coefficient (Wildman–Crippen LogP) is 5.21. The SMILES string of the molecule is CC(C)OC1CCc2ccc(CC(C)OC3Cc4ccccc4C3)cc21. The molecule has 2 atom stereocenters. The van der Waals surface area contributed by atoms with Crippen LogP contribution in [0.3, 0.4) is 0 Å². The van der Waals surface area contributed by atoms with Crippen LogP contribution in [-0.4, -0.2) is 18.3 Å². The molecule has 0 aliphatic heterocycles. The van der Waals surface area contributed by atoms with Gasteiger partial charge in [-0.05, 0) is 80.7 Å². The third-order valence-corrected chi connectivity index (χ3v) is 5.63. The molecule has 0 fully saturated rings. The molecule has 2 aromatic carbocycles. The Morgan fingerprint density at radius 1 is 0.923 bits per heavy atom. The van der Waals surface area contributed by atoms with E-state index in [1.54, 1.807) is 0 Å². The Hall–Kier alpha value is -1.64. The highest BCUT2D eigenvalue weighted by atomic mass is 16.5. The lowest BCUT2D eigenvalue weighted by Crippen LogP contribution is -2.22. The van der Waals surface area contributed by atoms with Crippen molar-refractivity contribution in [3.05, 3.63) is 70.3 Å². The molecule has 4 rings (SSSR count). The van der Waals surface area contributed by atoms with Crippen molar-refractivity contribution in [1.82, 2.24) is 0 Å². The summed E-state index contributed by atoms with van der Waals surface area (Å²) in [6, 6.07) is 15.7. The molecule has 0 radical (unpaired) electrons. The maximum absolute atomic E-state index is 6.38. The van der Waals surface area contributed by atoms with E-state index in [1.807, 2.05) is 0 Å². The van der Waals surface area contributed by atoms with Gasteiger partial charge in [0, 0.05) is 0 Å². The van der Waals surface area contributed by atoms with Crippen molar-refractivity contribution in [1.29, 1.82) is 0 Å². The minimum absolute atomic E-state index is 0.234. The Labute approximate surface area is 157 Å². The van der Waals surface area contributed by atoms with Crippen LogP contribution in [0.2, 0.25) is 0 Å². The van der Waals surface area contributed by atoms with Crippen LogP contribution in [0.1, 0.15) is 61.1 Å². The summed E-state index contributed by atoms with van der Waals surface area (Å²) in [5.74, 6) is 0. The highest BCUT2D eigenvalue weighted by Crippen LogP contribution is 2.35. The number of hydrogen-bond donors (Lipinski definition) is 0. The third kappa shape index (κ3) is 3.87. The molecule has 0 saturated carbocycles. The van der Waals surface area contributed by atoms with Gasteiger partial charge in [-0.2, -0.15) is 0 Å². The fourth-order valence-electron chi connectivity index (χ4n) is 4.53. The molecule has 0 bridgehead atoms. The van der Waals surface area contributed by atoms with Crippen molar-refractivity contribution in [2.75, 3.05) is 0 Å². The Bertz CT molecular complexity index is 740. The fraction of sp³-hybridized carbons (Fsp3) is 0.500. The van der Waals surface area contributed by atoms with E-state index in [2.05, 4.69) is 63.2 Å². The van der Waals surface area contributed by atoms with Crippen LogP contribution in [0.25, 0.3) is 0 Å². The van der Waals surface area contributed by atoms with Crippen LogP contribution in [-0.2, 0) is 35.2 Å². The molecule has 0 heterocycles. The van der Waals surface area contributed by atoms with Gasteiger partial charge in [-0.3, -0.25) is 0 Å². The van der Waals surface area contributed by atoms with Gasteiger partial charge in [0.2, 0.25) is 0 Å². The molecule has 2 heteroatoms. The van der Waals surface area contributed by atoms with E-state index in [1.165, 1.54) is 27.8 Å². The maximum atomic E-state index is 6.38. The van der Waals surface area contributed by atoms with Crippen molar-refractivity contribution < 1.29 is 9.47 Å². The number of hydrogen-bond acceptors (Lipinski definition) is 2. The topological polar surface area (TPSA) is 18.5 Å². The average Bonchev–Trinajstić information content (AvgIpc) is 3.17. The van der Waals surface area contributed by atoms with Gasteiger partial charge >= 0.3 is 0 Å². The van der Waals surface area contributed by atoms with E-state index in [0.717, 1.165) is 32.1 Å². The van der Waals surface area contributed by atoms with Crippen LogP contribution < -0.4 is 0 Å². The minimum Gasteiger partial charge on any atom is -0.374 e. The zero-order valence-electron chi connectivity index (χ0n) is 16.2. The summed E-state index contributed by atoms with van der Waals surface area (Å²) in [7, 11) is 0. The van der Waals surface area contributed by atoms with Gasteiger partial charge in [0.05, 0.1) is 24.4 Å². The normalized spacial score (nSPS) is 20.4. The summed E-state index contributed by atoms with van der Waals surface area (Å²) in [5, 5.41) is 0. The number of aryl methyl sites for hydroxylation is 1. The summed E-state index contributed by atoms with van der Waals surface area (Å²) in [6.07, 6.45) is 6.43. The molecule has 138 valence electrons. The van der Waals surface area contributed by atoms with Crippen LogP contribution in [0.4, 0.5) is 0 Å². The first-order valence-electron chi connectivity index (χ1n) is 10.1. The van der Waals surface area contributed by atoms with Crippen LogP contribution in [0.15, 0.2) is 42.5 Å². The summed E-state index contributed by atoms with van der Waals surface area (Å²) >= 11 is 0. The first-order chi connectivity index (χ1) is 12.6. The molecule has 0 saturated heterocycles. The van der Waals surface area contributed by atoms with E-state index < -0.39 is 0 Å². The molecule has 2 aliphatic rings. The number of ether oxygens (including phenoxy) is 2. The van der Waals surface area contributed by atoms with Gasteiger partial charge in [-0.1, -0.05) is 42.5 Å².